The van der Waals surface area contributed by atoms with Crippen LogP contribution in [0.3, 0.4) is 0 Å². The van der Waals surface area contributed by atoms with Gasteiger partial charge in [0.15, 0.2) is 34.7 Å². The number of hydrogen-bond donors (Lipinski definition) is 3. The van der Waals surface area contributed by atoms with E-state index in [0.717, 1.165) is 0 Å². The molecule has 0 aliphatic heterocycles. The molecule has 0 radical (unpaired) electrons. The monoisotopic (exact) mass is 508 g/mol. The number of nitrogens with two attached hydrogens (primary N) is 1. The van der Waals surface area contributed by atoms with Crippen molar-refractivity contribution in [3.63, 3.8) is 0 Å². The Morgan fingerprint density at radius 1 is 1.05 bits per heavy atom. The van der Waals surface area contributed by atoms with Gasteiger partial charge in [0.05, 0.1) is 17.5 Å². The summed E-state index contributed by atoms with van der Waals surface area (Å²) in [5.41, 5.74) is 4.08. The molecule has 3 aliphatic carbocycles. The number of primary amides is 1. The van der Waals surface area contributed by atoms with Crippen molar-refractivity contribution in [2.75, 3.05) is 14.1 Å². The van der Waals surface area contributed by atoms with E-state index in [2.05, 4.69) is 0 Å². The van der Waals surface area contributed by atoms with Gasteiger partial charge >= 0.3 is 0 Å². The number of hydrogen-bond acceptors (Lipinski definition) is 8. The van der Waals surface area contributed by atoms with Gasteiger partial charge in [-0.15, -0.1) is 0 Å². The summed E-state index contributed by atoms with van der Waals surface area (Å²) in [7, 11) is 3.05. The molecule has 0 saturated heterocycles. The molecule has 2 aromatic carbocycles. The van der Waals surface area contributed by atoms with Crippen LogP contribution in [0.25, 0.3) is 11.1 Å². The molecule has 0 aromatic heterocycles. The number of rotatable bonds is 3. The lowest BCUT2D eigenvalue weighted by Gasteiger charge is -2.52. The van der Waals surface area contributed by atoms with Crippen molar-refractivity contribution in [1.82, 2.24) is 4.90 Å². The highest BCUT2D eigenvalue weighted by Gasteiger charge is 2.69. The van der Waals surface area contributed by atoms with Gasteiger partial charge in [-0.25, -0.2) is 4.39 Å². The van der Waals surface area contributed by atoms with Crippen LogP contribution in [-0.4, -0.2) is 69.9 Å². The molecular weight excluding hydrogens is 483 g/mol. The lowest BCUT2D eigenvalue weighted by atomic mass is 9.52. The molecule has 2 unspecified atom stereocenters. The maximum atomic E-state index is 13.8. The molecule has 9 nitrogen and oxygen atoms in total. The number of aromatic hydroxyl groups is 1. The van der Waals surface area contributed by atoms with E-state index in [1.54, 1.807) is 6.07 Å². The summed E-state index contributed by atoms with van der Waals surface area (Å²) in [6.07, 6.45) is 0.0926. The number of carbonyl (C=O) groups is 5. The average molecular weight is 509 g/mol. The van der Waals surface area contributed by atoms with Crippen LogP contribution >= 0.6 is 0 Å². The van der Waals surface area contributed by atoms with Crippen molar-refractivity contribution in [2.24, 2.45) is 29.4 Å². The third-order valence-corrected chi connectivity index (χ3v) is 8.10. The maximum Gasteiger partial charge on any atom is 0.235 e. The zero-order chi connectivity index (χ0) is 27.0. The van der Waals surface area contributed by atoms with Gasteiger partial charge in [-0.2, -0.15) is 0 Å². The van der Waals surface area contributed by atoms with E-state index in [-0.39, 0.29) is 24.2 Å². The molecule has 0 spiro atoms. The third kappa shape index (κ3) is 3.39. The molecule has 3 aliphatic rings. The first kappa shape index (κ1) is 24.9. The molecular formula is C27H25FN2O7. The highest BCUT2D eigenvalue weighted by atomic mass is 19.1. The minimum Gasteiger partial charge on any atom is -0.507 e. The molecule has 37 heavy (non-hydrogen) atoms. The van der Waals surface area contributed by atoms with Crippen molar-refractivity contribution < 1.29 is 38.6 Å². The van der Waals surface area contributed by atoms with Gasteiger partial charge in [-0.1, -0.05) is 18.2 Å². The number of halogens is 1. The van der Waals surface area contributed by atoms with Gasteiger partial charge in [0, 0.05) is 5.92 Å². The number of ketones is 4. The van der Waals surface area contributed by atoms with Gasteiger partial charge in [-0.05, 0) is 67.7 Å². The Hall–Kier alpha value is -3.76. The number of benzene rings is 2. The van der Waals surface area contributed by atoms with E-state index in [9.17, 15) is 38.6 Å². The summed E-state index contributed by atoms with van der Waals surface area (Å²) in [6, 6.07) is 7.34. The topological polar surface area (TPSA) is 155 Å². The number of phenolic OH excluding ortho intramolecular Hbond substituents is 1. The van der Waals surface area contributed by atoms with Crippen LogP contribution < -0.4 is 5.73 Å². The number of aliphatic hydroxyl groups is 1. The summed E-state index contributed by atoms with van der Waals surface area (Å²) in [5.74, 6) is -11.4. The first-order valence-corrected chi connectivity index (χ1v) is 11.8. The largest absolute Gasteiger partial charge is 0.507 e. The second-order valence-corrected chi connectivity index (χ2v) is 10.3. The summed E-state index contributed by atoms with van der Waals surface area (Å²) in [4.78, 5) is 67.4. The molecule has 4 N–H and O–H groups in total. The molecule has 0 bridgehead atoms. The van der Waals surface area contributed by atoms with Crippen LogP contribution in [0.1, 0.15) is 22.3 Å². The number of likely N-dealkylation sites (N-methyl/N-ethyl adjacent to an activating group) is 1. The molecule has 10 heteroatoms. The second-order valence-electron chi connectivity index (χ2n) is 10.3. The van der Waals surface area contributed by atoms with Crippen LogP contribution in [0.2, 0.25) is 0 Å². The summed E-state index contributed by atoms with van der Waals surface area (Å²) < 4.78 is 13.5. The SMILES string of the molecule is CN(C)[C@@H]1C(=O)C(C(N)=O)C(=O)[C@@]2(O)C(=O)C3C(=O)c4c(O)ccc(-c5ccc(F)cc5)c4C[C@H]3C[C@@H]12. The smallest absolute Gasteiger partial charge is 0.235 e. The van der Waals surface area contributed by atoms with Gasteiger partial charge in [0.2, 0.25) is 5.91 Å². The molecule has 5 rings (SSSR count). The molecule has 2 fully saturated rings. The minimum absolute atomic E-state index is 0.0393. The summed E-state index contributed by atoms with van der Waals surface area (Å²) in [5, 5.41) is 22.2. The second kappa shape index (κ2) is 8.39. The van der Waals surface area contributed by atoms with Crippen LogP contribution in [0, 0.1) is 29.5 Å². The van der Waals surface area contributed by atoms with Crippen LogP contribution in [0.15, 0.2) is 36.4 Å². The number of amides is 1. The minimum atomic E-state index is -2.76. The first-order chi connectivity index (χ1) is 17.4. The Bertz CT molecular complexity index is 1390. The zero-order valence-electron chi connectivity index (χ0n) is 20.1. The highest BCUT2D eigenvalue weighted by molar-refractivity contribution is 6.32. The van der Waals surface area contributed by atoms with E-state index in [0.29, 0.717) is 16.7 Å². The van der Waals surface area contributed by atoms with Crippen LogP contribution in [0.5, 0.6) is 5.75 Å². The van der Waals surface area contributed by atoms with E-state index in [1.165, 1.54) is 49.3 Å². The van der Waals surface area contributed by atoms with Gasteiger partial charge in [0.25, 0.3) is 0 Å². The number of phenols is 1. The average Bonchev–Trinajstić information content (AvgIpc) is 2.82. The quantitative estimate of drug-likeness (QED) is 0.511. The van der Waals surface area contributed by atoms with Gasteiger partial charge in [0.1, 0.15) is 11.6 Å². The van der Waals surface area contributed by atoms with Crippen molar-refractivity contribution in [1.29, 1.82) is 0 Å². The normalized spacial score (nSPS) is 31.1. The van der Waals surface area contributed by atoms with E-state index >= 15 is 0 Å². The predicted molar refractivity (Wildman–Crippen MR) is 127 cm³/mol. The number of nitrogens with zero attached hydrogens (tertiary/aromatic N) is 1. The van der Waals surface area contributed by atoms with Crippen molar-refractivity contribution >= 4 is 29.0 Å². The molecule has 0 heterocycles. The molecule has 2 aromatic rings. The molecule has 192 valence electrons. The van der Waals surface area contributed by atoms with Gasteiger partial charge in [-0.3, -0.25) is 28.9 Å². The Balaban J connectivity index is 1.66. The fraction of sp³-hybridized carbons (Fsp3) is 0.370. The van der Waals surface area contributed by atoms with E-state index in [4.69, 9.17) is 5.73 Å². The summed E-state index contributed by atoms with van der Waals surface area (Å²) >= 11 is 0. The molecule has 6 atom stereocenters. The lowest BCUT2D eigenvalue weighted by molar-refractivity contribution is -0.181. The fourth-order valence-corrected chi connectivity index (χ4v) is 6.50. The van der Waals surface area contributed by atoms with Crippen molar-refractivity contribution in [2.45, 2.75) is 24.5 Å². The maximum absolute atomic E-state index is 13.8. The third-order valence-electron chi connectivity index (χ3n) is 8.10. The van der Waals surface area contributed by atoms with Gasteiger partial charge < -0.3 is 15.9 Å². The summed E-state index contributed by atoms with van der Waals surface area (Å²) in [6.45, 7) is 0. The number of fused-ring (bicyclic) bond motifs is 3. The fourth-order valence-electron chi connectivity index (χ4n) is 6.50. The van der Waals surface area contributed by atoms with Crippen molar-refractivity contribution in [3.8, 4) is 16.9 Å². The Morgan fingerprint density at radius 2 is 1.70 bits per heavy atom. The zero-order valence-corrected chi connectivity index (χ0v) is 20.1. The highest BCUT2D eigenvalue weighted by Crippen LogP contribution is 2.51. The number of Topliss-reactive ketones (excluding diaryl/α,β-unsaturated/α-hetero) is 4. The van der Waals surface area contributed by atoms with Crippen LogP contribution in [-0.2, 0) is 25.6 Å². The number of carbonyl (C=O) groups excluding carboxylic acids is 5. The van der Waals surface area contributed by atoms with E-state index in [1.807, 2.05) is 0 Å². The molecule has 1 amide bonds. The lowest BCUT2D eigenvalue weighted by Crippen LogP contribution is -2.74. The Morgan fingerprint density at radius 3 is 2.30 bits per heavy atom. The molecule has 2 saturated carbocycles. The predicted octanol–water partition coefficient (Wildman–Crippen LogP) is 0.673. The first-order valence-electron chi connectivity index (χ1n) is 11.8. The van der Waals surface area contributed by atoms with E-state index < -0.39 is 70.2 Å². The standard InChI is InChI=1S/C27H25FN2O7/c1-30(2)21-16-10-12-9-15-14(11-3-5-13(28)6-4-11)7-8-17(31)19(15)22(32)18(12)24(34)27(16,37)25(35)20(23(21)33)26(29)36/h3-8,12,16,18,20-21,31,37H,9-10H2,1-2H3,(H2,29,36)/t12-,16-,18?,20?,21-,27-/m0/s1. The Kier molecular flexibility index (Phi) is 5.65. The van der Waals surface area contributed by atoms with Crippen molar-refractivity contribution in [3.05, 3.63) is 53.3 Å². The Labute approximate surface area is 211 Å². The van der Waals surface area contributed by atoms with Crippen LogP contribution in [0.4, 0.5) is 4.39 Å².